The first-order valence-corrected chi connectivity index (χ1v) is 7.00. The van der Waals surface area contributed by atoms with E-state index in [-0.39, 0.29) is 12.4 Å². The van der Waals surface area contributed by atoms with Crippen molar-refractivity contribution in [2.24, 2.45) is 0 Å². The normalized spacial score (nSPS) is 23.0. The Bertz CT molecular complexity index is 341. The lowest BCUT2D eigenvalue weighted by Gasteiger charge is -2.33. The summed E-state index contributed by atoms with van der Waals surface area (Å²) in [6.07, 6.45) is 0. The summed E-state index contributed by atoms with van der Waals surface area (Å²) < 4.78 is 29.6. The van der Waals surface area contributed by atoms with Crippen LogP contribution in [0.3, 0.4) is 0 Å². The molecule has 0 spiro atoms. The van der Waals surface area contributed by atoms with Crippen molar-refractivity contribution >= 4 is 16.0 Å². The highest BCUT2D eigenvalue weighted by Crippen LogP contribution is 2.11. The van der Waals surface area contributed by atoms with E-state index in [2.05, 4.69) is 5.32 Å². The van der Waals surface area contributed by atoms with Crippen molar-refractivity contribution in [3.8, 4) is 0 Å². The molecule has 1 atom stereocenters. The van der Waals surface area contributed by atoms with Crippen molar-refractivity contribution in [3.63, 3.8) is 0 Å². The SMILES string of the molecule is CCOC(=O)C1CNCCN1S(=O)(=O)CC. The number of hydrogen-bond donors (Lipinski definition) is 1. The molecule has 1 fully saturated rings. The molecule has 1 unspecified atom stereocenters. The first kappa shape index (κ1) is 13.4. The Morgan fingerprint density at radius 2 is 2.19 bits per heavy atom. The number of carbonyl (C=O) groups excluding carboxylic acids is 1. The summed E-state index contributed by atoms with van der Waals surface area (Å²) in [5.41, 5.74) is 0. The van der Waals surface area contributed by atoms with Crippen LogP contribution in [0.1, 0.15) is 13.8 Å². The molecule has 1 aliphatic heterocycles. The predicted octanol–water partition coefficient (Wildman–Crippen LogP) is -0.827. The molecule has 0 saturated carbocycles. The van der Waals surface area contributed by atoms with E-state index in [0.717, 1.165) is 0 Å². The third kappa shape index (κ3) is 2.93. The molecule has 1 N–H and O–H groups in total. The van der Waals surface area contributed by atoms with Crippen LogP contribution in [0.25, 0.3) is 0 Å². The zero-order chi connectivity index (χ0) is 12.2. The van der Waals surface area contributed by atoms with Crippen LogP contribution in [-0.2, 0) is 19.6 Å². The van der Waals surface area contributed by atoms with Crippen LogP contribution in [0.15, 0.2) is 0 Å². The fourth-order valence-electron chi connectivity index (χ4n) is 1.62. The maximum Gasteiger partial charge on any atom is 0.325 e. The van der Waals surface area contributed by atoms with Gasteiger partial charge in [-0.05, 0) is 13.8 Å². The van der Waals surface area contributed by atoms with Crippen LogP contribution in [0.2, 0.25) is 0 Å². The molecule has 0 radical (unpaired) electrons. The van der Waals surface area contributed by atoms with Gasteiger partial charge in [-0.15, -0.1) is 0 Å². The van der Waals surface area contributed by atoms with Crippen LogP contribution >= 0.6 is 0 Å². The molecule has 6 nitrogen and oxygen atoms in total. The zero-order valence-electron chi connectivity index (χ0n) is 9.60. The largest absolute Gasteiger partial charge is 0.465 e. The van der Waals surface area contributed by atoms with Gasteiger partial charge < -0.3 is 10.1 Å². The standard InChI is InChI=1S/C9H18N2O4S/c1-3-15-9(12)8-7-10-5-6-11(8)16(13,14)4-2/h8,10H,3-7H2,1-2H3. The van der Waals surface area contributed by atoms with E-state index in [1.165, 1.54) is 4.31 Å². The zero-order valence-corrected chi connectivity index (χ0v) is 10.4. The van der Waals surface area contributed by atoms with Gasteiger partial charge >= 0.3 is 5.97 Å². The molecule has 1 heterocycles. The van der Waals surface area contributed by atoms with E-state index < -0.39 is 22.0 Å². The van der Waals surface area contributed by atoms with E-state index in [0.29, 0.717) is 19.6 Å². The lowest BCUT2D eigenvalue weighted by Crippen LogP contribution is -2.57. The summed E-state index contributed by atoms with van der Waals surface area (Å²) in [7, 11) is -3.34. The van der Waals surface area contributed by atoms with Gasteiger partial charge in [-0.1, -0.05) is 0 Å². The Morgan fingerprint density at radius 1 is 1.50 bits per heavy atom. The summed E-state index contributed by atoms with van der Waals surface area (Å²) >= 11 is 0. The van der Waals surface area contributed by atoms with Gasteiger partial charge in [0.25, 0.3) is 0 Å². The number of nitrogens with zero attached hydrogens (tertiary/aromatic N) is 1. The predicted molar refractivity (Wildman–Crippen MR) is 59.5 cm³/mol. The Kier molecular flexibility index (Phi) is 4.69. The van der Waals surface area contributed by atoms with Gasteiger partial charge in [0.1, 0.15) is 6.04 Å². The molecule has 0 bridgehead atoms. The van der Waals surface area contributed by atoms with Crippen LogP contribution in [0, 0.1) is 0 Å². The third-order valence-electron chi connectivity index (χ3n) is 2.48. The third-order valence-corrected chi connectivity index (χ3v) is 4.36. The molecule has 0 aliphatic carbocycles. The number of rotatable bonds is 4. The van der Waals surface area contributed by atoms with Crippen molar-refractivity contribution in [2.75, 3.05) is 32.0 Å². The second-order valence-electron chi connectivity index (χ2n) is 3.48. The molecule has 0 amide bonds. The smallest absolute Gasteiger partial charge is 0.325 e. The molecule has 7 heteroatoms. The quantitative estimate of drug-likeness (QED) is 0.659. The summed E-state index contributed by atoms with van der Waals surface area (Å²) in [5.74, 6) is -0.477. The number of hydrogen-bond acceptors (Lipinski definition) is 5. The minimum absolute atomic E-state index is 0.00288. The van der Waals surface area contributed by atoms with Gasteiger partial charge in [-0.3, -0.25) is 4.79 Å². The Hall–Kier alpha value is -0.660. The van der Waals surface area contributed by atoms with Crippen molar-refractivity contribution < 1.29 is 17.9 Å². The summed E-state index contributed by atoms with van der Waals surface area (Å²) in [4.78, 5) is 11.6. The maximum absolute atomic E-state index is 11.8. The lowest BCUT2D eigenvalue weighted by molar-refractivity contribution is -0.148. The molecule has 0 aromatic carbocycles. The fourth-order valence-corrected chi connectivity index (χ4v) is 2.87. The molecule has 0 aromatic heterocycles. The Balaban J connectivity index is 2.83. The number of ether oxygens (including phenoxy) is 1. The summed E-state index contributed by atoms with van der Waals surface area (Å²) in [6, 6.07) is -0.723. The number of nitrogens with one attached hydrogen (secondary N) is 1. The second kappa shape index (κ2) is 5.60. The van der Waals surface area contributed by atoms with E-state index in [4.69, 9.17) is 4.74 Å². The molecule has 1 rings (SSSR count). The van der Waals surface area contributed by atoms with Crippen molar-refractivity contribution in [1.82, 2.24) is 9.62 Å². The molecule has 1 saturated heterocycles. The minimum Gasteiger partial charge on any atom is -0.465 e. The van der Waals surface area contributed by atoms with Crippen LogP contribution in [0.5, 0.6) is 0 Å². The average Bonchev–Trinajstić information content (AvgIpc) is 2.29. The van der Waals surface area contributed by atoms with Gasteiger partial charge in [0, 0.05) is 19.6 Å². The van der Waals surface area contributed by atoms with Crippen molar-refractivity contribution in [1.29, 1.82) is 0 Å². The van der Waals surface area contributed by atoms with Crippen molar-refractivity contribution in [2.45, 2.75) is 19.9 Å². The second-order valence-corrected chi connectivity index (χ2v) is 5.69. The average molecular weight is 250 g/mol. The number of sulfonamides is 1. The van der Waals surface area contributed by atoms with Gasteiger partial charge in [0.15, 0.2) is 0 Å². The molecule has 1 aliphatic rings. The Labute approximate surface area is 96.0 Å². The first-order chi connectivity index (χ1) is 7.53. The minimum atomic E-state index is -3.34. The highest BCUT2D eigenvalue weighted by molar-refractivity contribution is 7.89. The van der Waals surface area contributed by atoms with Crippen LogP contribution in [0.4, 0.5) is 0 Å². The van der Waals surface area contributed by atoms with E-state index >= 15 is 0 Å². The summed E-state index contributed by atoms with van der Waals surface area (Å²) in [5, 5.41) is 2.99. The fraction of sp³-hybridized carbons (Fsp3) is 0.889. The lowest BCUT2D eigenvalue weighted by atomic mass is 10.2. The number of esters is 1. The van der Waals surface area contributed by atoms with E-state index in [9.17, 15) is 13.2 Å². The molecule has 94 valence electrons. The van der Waals surface area contributed by atoms with E-state index in [1.807, 2.05) is 0 Å². The van der Waals surface area contributed by atoms with Gasteiger partial charge in [0.05, 0.1) is 12.4 Å². The van der Waals surface area contributed by atoms with Crippen LogP contribution < -0.4 is 5.32 Å². The highest BCUT2D eigenvalue weighted by atomic mass is 32.2. The van der Waals surface area contributed by atoms with Gasteiger partial charge in [-0.2, -0.15) is 4.31 Å². The topological polar surface area (TPSA) is 75.7 Å². The summed E-state index contributed by atoms with van der Waals surface area (Å²) in [6.45, 7) is 4.73. The maximum atomic E-state index is 11.8. The van der Waals surface area contributed by atoms with Crippen LogP contribution in [-0.4, -0.2) is 56.7 Å². The van der Waals surface area contributed by atoms with Gasteiger partial charge in [0.2, 0.25) is 10.0 Å². The molecular weight excluding hydrogens is 232 g/mol. The molecule has 16 heavy (non-hydrogen) atoms. The monoisotopic (exact) mass is 250 g/mol. The van der Waals surface area contributed by atoms with Gasteiger partial charge in [-0.25, -0.2) is 8.42 Å². The molecular formula is C9H18N2O4S. The number of carbonyl (C=O) groups is 1. The van der Waals surface area contributed by atoms with E-state index in [1.54, 1.807) is 13.8 Å². The first-order valence-electron chi connectivity index (χ1n) is 5.39. The highest BCUT2D eigenvalue weighted by Gasteiger charge is 2.36. The molecule has 0 aromatic rings. The van der Waals surface area contributed by atoms with Crippen molar-refractivity contribution in [3.05, 3.63) is 0 Å². The number of piperazine rings is 1. The Morgan fingerprint density at radius 3 is 2.75 bits per heavy atom.